The number of nitrogens with zero attached hydrogens (tertiary/aromatic N) is 1. The second kappa shape index (κ2) is 10.2. The molecule has 0 bridgehead atoms. The Balaban J connectivity index is 2.46. The summed E-state index contributed by atoms with van der Waals surface area (Å²) < 4.78 is 15.0. The molecule has 0 spiro atoms. The van der Waals surface area contributed by atoms with Crippen molar-refractivity contribution < 1.29 is 28.7 Å². The summed E-state index contributed by atoms with van der Waals surface area (Å²) in [6.45, 7) is 9.35. The topological polar surface area (TPSA) is 144 Å². The highest BCUT2D eigenvalue weighted by atomic mass is 19.1. The van der Waals surface area contributed by atoms with Gasteiger partial charge in [-0.2, -0.15) is 0 Å². The van der Waals surface area contributed by atoms with E-state index in [1.54, 1.807) is 34.6 Å². The van der Waals surface area contributed by atoms with E-state index in [9.17, 15) is 28.7 Å². The van der Waals surface area contributed by atoms with E-state index >= 15 is 0 Å². The average Bonchev–Trinajstić information content (AvgIpc) is 2.97. The number of amides is 3. The summed E-state index contributed by atoms with van der Waals surface area (Å²) in [5, 5.41) is 14.6. The van der Waals surface area contributed by atoms with Crippen LogP contribution in [0.4, 0.5) is 10.1 Å². The lowest BCUT2D eigenvalue weighted by molar-refractivity contribution is -0.127. The van der Waals surface area contributed by atoms with Crippen molar-refractivity contribution in [1.82, 2.24) is 9.88 Å². The molecule has 0 aliphatic carbocycles. The number of aliphatic hydroxyl groups is 1. The monoisotopic (exact) mass is 474 g/mol. The maximum Gasteiger partial charge on any atom is 0.294 e. The van der Waals surface area contributed by atoms with Gasteiger partial charge in [-0.3, -0.25) is 19.2 Å². The molecule has 34 heavy (non-hydrogen) atoms. The first-order valence-electron chi connectivity index (χ1n) is 10.7. The van der Waals surface area contributed by atoms with Gasteiger partial charge in [0.05, 0.1) is 17.9 Å². The number of hydrogen-bond donors (Lipinski definition) is 4. The molecule has 10 heteroatoms. The van der Waals surface area contributed by atoms with Crippen LogP contribution in [0.3, 0.4) is 0 Å². The lowest BCUT2D eigenvalue weighted by atomic mass is 9.86. The summed E-state index contributed by atoms with van der Waals surface area (Å²) in [4.78, 5) is 50.8. The van der Waals surface area contributed by atoms with Crippen LogP contribution >= 0.6 is 0 Å². The minimum atomic E-state index is -1.10. The van der Waals surface area contributed by atoms with Crippen LogP contribution in [0.2, 0.25) is 0 Å². The van der Waals surface area contributed by atoms with Gasteiger partial charge < -0.3 is 26.0 Å². The highest BCUT2D eigenvalue weighted by Crippen LogP contribution is 2.25. The van der Waals surface area contributed by atoms with Gasteiger partial charge in [0.1, 0.15) is 11.9 Å². The molecule has 0 saturated heterocycles. The fourth-order valence-corrected chi connectivity index (χ4v) is 3.84. The first kappa shape index (κ1) is 26.7. The van der Waals surface area contributed by atoms with E-state index in [0.717, 1.165) is 0 Å². The van der Waals surface area contributed by atoms with Crippen molar-refractivity contribution >= 4 is 29.2 Å². The largest absolute Gasteiger partial charge is 0.395 e. The van der Waals surface area contributed by atoms with Gasteiger partial charge in [-0.15, -0.1) is 0 Å². The summed E-state index contributed by atoms with van der Waals surface area (Å²) in [6.07, 6.45) is 0. The first-order chi connectivity index (χ1) is 15.7. The number of nitrogens with two attached hydrogens (primary N) is 1. The molecule has 1 aromatic heterocycles. The van der Waals surface area contributed by atoms with Gasteiger partial charge in [-0.25, -0.2) is 4.39 Å². The standard InChI is InChI=1S/C24H31FN4O5/c1-12-11-15(7-8-16(12)25)27-22(33)17-13(2)18(29(9-10-30)14(17)3)19(31)23(34)28-20(21(26)32)24(4,5)6/h7-8,11,20,30H,9-10H2,1-6H3,(H2,26,32)(H,27,33)(H,28,34). The molecular formula is C24H31FN4O5. The molecule has 0 saturated carbocycles. The Kier molecular flexibility index (Phi) is 7.99. The molecular weight excluding hydrogens is 443 g/mol. The van der Waals surface area contributed by atoms with Gasteiger partial charge in [0.15, 0.2) is 0 Å². The highest BCUT2D eigenvalue weighted by Gasteiger charge is 2.35. The second-order valence-electron chi connectivity index (χ2n) is 9.23. The average molecular weight is 475 g/mol. The molecule has 184 valence electrons. The van der Waals surface area contributed by atoms with E-state index in [4.69, 9.17) is 5.73 Å². The number of aryl methyl sites for hydroxylation is 1. The molecule has 0 aliphatic heterocycles. The van der Waals surface area contributed by atoms with Gasteiger partial charge in [0.25, 0.3) is 17.6 Å². The number of nitrogens with one attached hydrogen (secondary N) is 2. The number of aromatic nitrogens is 1. The number of rotatable bonds is 8. The molecule has 0 fully saturated rings. The van der Waals surface area contributed by atoms with E-state index in [1.165, 1.54) is 29.7 Å². The number of hydrogen-bond acceptors (Lipinski definition) is 5. The molecule has 1 heterocycles. The van der Waals surface area contributed by atoms with Crippen molar-refractivity contribution in [3.05, 3.63) is 52.1 Å². The van der Waals surface area contributed by atoms with Gasteiger partial charge in [0, 0.05) is 17.9 Å². The smallest absolute Gasteiger partial charge is 0.294 e. The third kappa shape index (κ3) is 5.51. The molecule has 0 radical (unpaired) electrons. The van der Waals surface area contributed by atoms with Crippen molar-refractivity contribution in [1.29, 1.82) is 0 Å². The fourth-order valence-electron chi connectivity index (χ4n) is 3.84. The summed E-state index contributed by atoms with van der Waals surface area (Å²) >= 11 is 0. The van der Waals surface area contributed by atoms with Crippen molar-refractivity contribution in [3.8, 4) is 0 Å². The van der Waals surface area contributed by atoms with Crippen LogP contribution in [0.15, 0.2) is 18.2 Å². The molecule has 2 aromatic rings. The van der Waals surface area contributed by atoms with E-state index in [2.05, 4.69) is 10.6 Å². The molecule has 0 aliphatic rings. The Labute approximate surface area is 197 Å². The molecule has 9 nitrogen and oxygen atoms in total. The van der Waals surface area contributed by atoms with E-state index < -0.39 is 40.8 Å². The number of carbonyl (C=O) groups excluding carboxylic acids is 4. The lowest BCUT2D eigenvalue weighted by Crippen LogP contribution is -2.53. The normalized spacial score (nSPS) is 12.2. The van der Waals surface area contributed by atoms with Crippen LogP contribution in [0, 0.1) is 32.0 Å². The quantitative estimate of drug-likeness (QED) is 0.342. The number of aliphatic hydroxyl groups excluding tert-OH is 1. The van der Waals surface area contributed by atoms with Crippen LogP contribution in [-0.2, 0) is 16.1 Å². The molecule has 2 rings (SSSR count). The molecule has 1 unspecified atom stereocenters. The van der Waals surface area contributed by atoms with E-state index in [0.29, 0.717) is 16.9 Å². The summed E-state index contributed by atoms with van der Waals surface area (Å²) in [5.41, 5.74) is 6.02. The number of Topliss-reactive ketones (excluding diaryl/α,β-unsaturated/α-hetero) is 1. The molecule has 5 N–H and O–H groups in total. The Morgan fingerprint density at radius 3 is 2.26 bits per heavy atom. The summed E-state index contributed by atoms with van der Waals surface area (Å²) in [7, 11) is 0. The molecule has 3 amide bonds. The van der Waals surface area contributed by atoms with Crippen LogP contribution < -0.4 is 16.4 Å². The predicted octanol–water partition coefficient (Wildman–Crippen LogP) is 2.00. The first-order valence-corrected chi connectivity index (χ1v) is 10.7. The van der Waals surface area contributed by atoms with Gasteiger partial charge in [-0.05, 0) is 55.5 Å². The number of primary amides is 1. The molecule has 1 atom stereocenters. The number of ketones is 1. The number of benzene rings is 1. The van der Waals surface area contributed by atoms with Crippen molar-refractivity contribution in [3.63, 3.8) is 0 Å². The van der Waals surface area contributed by atoms with Crippen LogP contribution in [0.5, 0.6) is 0 Å². The Bertz CT molecular complexity index is 1150. The van der Waals surface area contributed by atoms with Crippen LogP contribution in [0.25, 0.3) is 0 Å². The maximum absolute atomic E-state index is 13.6. The SMILES string of the molecule is Cc1cc(NC(=O)c2c(C)c(C(=O)C(=O)NC(C(N)=O)C(C)(C)C)n(CCO)c2C)ccc1F. The zero-order valence-electron chi connectivity index (χ0n) is 20.2. The fraction of sp³-hybridized carbons (Fsp3) is 0.417. The lowest BCUT2D eigenvalue weighted by Gasteiger charge is -2.28. The van der Waals surface area contributed by atoms with Gasteiger partial charge >= 0.3 is 0 Å². The predicted molar refractivity (Wildman–Crippen MR) is 125 cm³/mol. The van der Waals surface area contributed by atoms with Crippen LogP contribution in [0.1, 0.15) is 58.4 Å². The van der Waals surface area contributed by atoms with E-state index in [-0.39, 0.29) is 30.0 Å². The Morgan fingerprint density at radius 2 is 1.76 bits per heavy atom. The second-order valence-corrected chi connectivity index (χ2v) is 9.23. The zero-order valence-corrected chi connectivity index (χ0v) is 20.2. The highest BCUT2D eigenvalue weighted by molar-refractivity contribution is 6.43. The van der Waals surface area contributed by atoms with Crippen molar-refractivity contribution in [2.45, 2.75) is 54.1 Å². The Hall–Kier alpha value is -3.53. The van der Waals surface area contributed by atoms with E-state index in [1.807, 2.05) is 0 Å². The minimum Gasteiger partial charge on any atom is -0.395 e. The maximum atomic E-state index is 13.6. The zero-order chi connectivity index (χ0) is 26.0. The third-order valence-electron chi connectivity index (χ3n) is 5.58. The van der Waals surface area contributed by atoms with Crippen molar-refractivity contribution in [2.75, 3.05) is 11.9 Å². The third-order valence-corrected chi connectivity index (χ3v) is 5.58. The van der Waals surface area contributed by atoms with Crippen LogP contribution in [-0.4, -0.2) is 45.8 Å². The minimum absolute atomic E-state index is 0.0392. The number of carbonyl (C=O) groups is 4. The molecule has 1 aromatic carbocycles. The van der Waals surface area contributed by atoms with Crippen molar-refractivity contribution in [2.24, 2.45) is 11.1 Å². The number of halogens is 1. The summed E-state index contributed by atoms with van der Waals surface area (Å²) in [6, 6.07) is 3.01. The van der Waals surface area contributed by atoms with Gasteiger partial charge in [-0.1, -0.05) is 20.8 Å². The van der Waals surface area contributed by atoms with Gasteiger partial charge in [0.2, 0.25) is 5.91 Å². The number of anilines is 1. The Morgan fingerprint density at radius 1 is 1.15 bits per heavy atom. The summed E-state index contributed by atoms with van der Waals surface area (Å²) in [5.74, 6) is -3.79.